The van der Waals surface area contributed by atoms with Gasteiger partial charge >= 0.3 is 6.03 Å². The summed E-state index contributed by atoms with van der Waals surface area (Å²) in [6.07, 6.45) is 1.07. The van der Waals surface area contributed by atoms with Crippen molar-refractivity contribution in [3.05, 3.63) is 47.4 Å². The number of halogens is 1. The van der Waals surface area contributed by atoms with Crippen molar-refractivity contribution >= 4 is 23.3 Å². The highest BCUT2D eigenvalue weighted by Crippen LogP contribution is 2.27. The van der Waals surface area contributed by atoms with Crippen LogP contribution in [0, 0.1) is 0 Å². The number of benzene rings is 1. The maximum atomic E-state index is 12.0. The van der Waals surface area contributed by atoms with Gasteiger partial charge in [0.25, 0.3) is 0 Å². The molecule has 0 saturated heterocycles. The van der Waals surface area contributed by atoms with Crippen molar-refractivity contribution in [1.29, 1.82) is 0 Å². The first-order chi connectivity index (χ1) is 11.0. The molecular formula is C16H19ClN2O4. The number of carbonyl (C=O) groups excluding carboxylic acids is 1. The molecular weight excluding hydrogens is 320 g/mol. The third kappa shape index (κ3) is 4.91. The fraction of sp³-hybridized carbons (Fsp3) is 0.312. The number of rotatable bonds is 6. The molecule has 0 radical (unpaired) electrons. The van der Waals surface area contributed by atoms with Crippen molar-refractivity contribution in [3.8, 4) is 5.75 Å². The van der Waals surface area contributed by atoms with Gasteiger partial charge in [0.15, 0.2) is 0 Å². The molecule has 0 aliphatic carbocycles. The van der Waals surface area contributed by atoms with Gasteiger partial charge in [0.1, 0.15) is 17.6 Å². The van der Waals surface area contributed by atoms with E-state index in [0.29, 0.717) is 28.6 Å². The number of methoxy groups -OCH3 is 1. The molecule has 2 atom stereocenters. The molecule has 2 amide bonds. The second-order valence-electron chi connectivity index (χ2n) is 5.12. The van der Waals surface area contributed by atoms with E-state index >= 15 is 0 Å². The van der Waals surface area contributed by atoms with Crippen molar-refractivity contribution in [3.63, 3.8) is 0 Å². The number of amides is 2. The Hall–Kier alpha value is -2.18. The van der Waals surface area contributed by atoms with Gasteiger partial charge in [-0.05, 0) is 37.3 Å². The zero-order valence-corrected chi connectivity index (χ0v) is 13.6. The molecule has 1 aromatic heterocycles. The van der Waals surface area contributed by atoms with Crippen molar-refractivity contribution < 1.29 is 19.1 Å². The predicted molar refractivity (Wildman–Crippen MR) is 87.9 cm³/mol. The highest BCUT2D eigenvalue weighted by molar-refractivity contribution is 6.32. The SMILES string of the molecule is COc1ccc(NC(=O)NC(C)CC(O)c2ccco2)cc1Cl. The van der Waals surface area contributed by atoms with Crippen LogP contribution < -0.4 is 15.4 Å². The van der Waals surface area contributed by atoms with Crippen molar-refractivity contribution in [1.82, 2.24) is 5.32 Å². The first-order valence-corrected chi connectivity index (χ1v) is 7.50. The van der Waals surface area contributed by atoms with Crippen LogP contribution in [0.2, 0.25) is 5.02 Å². The third-order valence-electron chi connectivity index (χ3n) is 3.24. The summed E-state index contributed by atoms with van der Waals surface area (Å²) in [5.41, 5.74) is 0.548. The van der Waals surface area contributed by atoms with Crippen LogP contribution in [0.5, 0.6) is 5.75 Å². The van der Waals surface area contributed by atoms with Crippen LogP contribution in [0.15, 0.2) is 41.0 Å². The Morgan fingerprint density at radius 2 is 2.22 bits per heavy atom. The Morgan fingerprint density at radius 1 is 1.43 bits per heavy atom. The average Bonchev–Trinajstić information content (AvgIpc) is 3.01. The molecule has 0 spiro atoms. The van der Waals surface area contributed by atoms with Crippen LogP contribution in [0.25, 0.3) is 0 Å². The maximum absolute atomic E-state index is 12.0. The van der Waals surface area contributed by atoms with Crippen LogP contribution in [0.1, 0.15) is 25.2 Å². The van der Waals surface area contributed by atoms with E-state index in [4.69, 9.17) is 20.8 Å². The van der Waals surface area contributed by atoms with E-state index in [-0.39, 0.29) is 12.1 Å². The summed E-state index contributed by atoms with van der Waals surface area (Å²) in [6, 6.07) is 7.72. The zero-order chi connectivity index (χ0) is 16.8. The summed E-state index contributed by atoms with van der Waals surface area (Å²) < 4.78 is 10.2. The summed E-state index contributed by atoms with van der Waals surface area (Å²) in [6.45, 7) is 1.80. The Kier molecular flexibility index (Phi) is 5.90. The molecule has 0 aliphatic rings. The molecule has 1 aromatic carbocycles. The lowest BCUT2D eigenvalue weighted by molar-refractivity contribution is 0.130. The van der Waals surface area contributed by atoms with E-state index in [1.807, 2.05) is 0 Å². The summed E-state index contributed by atoms with van der Waals surface area (Å²) in [4.78, 5) is 12.0. The number of urea groups is 1. The minimum atomic E-state index is -0.768. The van der Waals surface area contributed by atoms with Crippen LogP contribution >= 0.6 is 11.6 Å². The molecule has 1 heterocycles. The lowest BCUT2D eigenvalue weighted by Gasteiger charge is -2.17. The number of hydrogen-bond acceptors (Lipinski definition) is 4. The van der Waals surface area contributed by atoms with E-state index in [0.717, 1.165) is 0 Å². The highest BCUT2D eigenvalue weighted by atomic mass is 35.5. The van der Waals surface area contributed by atoms with E-state index in [2.05, 4.69) is 10.6 Å². The van der Waals surface area contributed by atoms with Crippen LogP contribution in [0.3, 0.4) is 0 Å². The van der Waals surface area contributed by atoms with Gasteiger partial charge in [-0.1, -0.05) is 11.6 Å². The molecule has 2 aromatic rings. The van der Waals surface area contributed by atoms with E-state index < -0.39 is 6.10 Å². The van der Waals surface area contributed by atoms with Gasteiger partial charge in [-0.25, -0.2) is 4.79 Å². The van der Waals surface area contributed by atoms with E-state index in [9.17, 15) is 9.90 Å². The summed E-state index contributed by atoms with van der Waals surface area (Å²) in [5.74, 6) is 1.01. The van der Waals surface area contributed by atoms with Gasteiger partial charge < -0.3 is 24.9 Å². The van der Waals surface area contributed by atoms with E-state index in [1.165, 1.54) is 13.4 Å². The first kappa shape index (κ1) is 17.2. The quantitative estimate of drug-likeness (QED) is 0.751. The molecule has 2 rings (SSSR count). The van der Waals surface area contributed by atoms with Crippen LogP contribution in [0.4, 0.5) is 10.5 Å². The number of carbonyl (C=O) groups is 1. The third-order valence-corrected chi connectivity index (χ3v) is 3.53. The Morgan fingerprint density at radius 3 is 2.83 bits per heavy atom. The number of hydrogen-bond donors (Lipinski definition) is 3. The fourth-order valence-corrected chi connectivity index (χ4v) is 2.38. The molecule has 124 valence electrons. The van der Waals surface area contributed by atoms with Gasteiger partial charge in [-0.2, -0.15) is 0 Å². The topological polar surface area (TPSA) is 83.7 Å². The first-order valence-electron chi connectivity index (χ1n) is 7.12. The summed E-state index contributed by atoms with van der Waals surface area (Å²) in [7, 11) is 1.52. The molecule has 6 nitrogen and oxygen atoms in total. The standard InChI is InChI=1S/C16H19ClN2O4/c1-10(8-13(20)15-4-3-7-23-15)18-16(21)19-11-5-6-14(22-2)12(17)9-11/h3-7,9-10,13,20H,8H2,1-2H3,(H2,18,19,21). The van der Waals surface area contributed by atoms with Gasteiger partial charge in [0.05, 0.1) is 18.4 Å². The second kappa shape index (κ2) is 7.89. The number of anilines is 1. The minimum Gasteiger partial charge on any atom is -0.495 e. The fourth-order valence-electron chi connectivity index (χ4n) is 2.13. The monoisotopic (exact) mass is 338 g/mol. The predicted octanol–water partition coefficient (Wildman–Crippen LogP) is 3.58. The molecule has 7 heteroatoms. The number of nitrogens with one attached hydrogen (secondary N) is 2. The highest BCUT2D eigenvalue weighted by Gasteiger charge is 2.16. The number of aliphatic hydroxyl groups is 1. The lowest BCUT2D eigenvalue weighted by Crippen LogP contribution is -2.37. The van der Waals surface area contributed by atoms with Gasteiger partial charge in [0, 0.05) is 18.2 Å². The molecule has 0 bridgehead atoms. The molecule has 0 saturated carbocycles. The normalized spacial score (nSPS) is 13.2. The van der Waals surface area contributed by atoms with E-state index in [1.54, 1.807) is 37.3 Å². The summed E-state index contributed by atoms with van der Waals surface area (Å²) >= 11 is 6.00. The minimum absolute atomic E-state index is 0.246. The number of furan rings is 1. The molecule has 3 N–H and O–H groups in total. The Labute approximate surface area is 139 Å². The Bertz CT molecular complexity index is 646. The van der Waals surface area contributed by atoms with Crippen LogP contribution in [-0.2, 0) is 0 Å². The number of aliphatic hydroxyl groups excluding tert-OH is 1. The molecule has 2 unspecified atom stereocenters. The molecule has 0 fully saturated rings. The lowest BCUT2D eigenvalue weighted by atomic mass is 10.1. The van der Waals surface area contributed by atoms with Gasteiger partial charge in [-0.3, -0.25) is 0 Å². The van der Waals surface area contributed by atoms with Crippen molar-refractivity contribution in [2.75, 3.05) is 12.4 Å². The Balaban J connectivity index is 1.85. The van der Waals surface area contributed by atoms with Crippen molar-refractivity contribution in [2.45, 2.75) is 25.5 Å². The van der Waals surface area contributed by atoms with Gasteiger partial charge in [0.2, 0.25) is 0 Å². The van der Waals surface area contributed by atoms with Gasteiger partial charge in [-0.15, -0.1) is 0 Å². The molecule has 23 heavy (non-hydrogen) atoms. The smallest absolute Gasteiger partial charge is 0.319 e. The van der Waals surface area contributed by atoms with Crippen LogP contribution in [-0.4, -0.2) is 24.3 Å². The number of ether oxygens (including phenoxy) is 1. The van der Waals surface area contributed by atoms with Crippen molar-refractivity contribution in [2.24, 2.45) is 0 Å². The summed E-state index contributed by atoms with van der Waals surface area (Å²) in [5, 5.41) is 15.8. The second-order valence-corrected chi connectivity index (χ2v) is 5.52. The zero-order valence-electron chi connectivity index (χ0n) is 12.9. The maximum Gasteiger partial charge on any atom is 0.319 e. The largest absolute Gasteiger partial charge is 0.495 e. The molecule has 0 aliphatic heterocycles. The average molecular weight is 339 g/mol.